The lowest BCUT2D eigenvalue weighted by Crippen LogP contribution is -2.58. The number of sulfonamides is 1. The molecule has 0 aromatic heterocycles. The number of halogens is 1. The van der Waals surface area contributed by atoms with Gasteiger partial charge in [-0.1, -0.05) is 44.0 Å². The summed E-state index contributed by atoms with van der Waals surface area (Å²) in [5.41, 5.74) is 1.20. The number of urea groups is 1. The van der Waals surface area contributed by atoms with E-state index in [4.69, 9.17) is 11.6 Å². The predicted octanol–water partition coefficient (Wildman–Crippen LogP) is 4.68. The van der Waals surface area contributed by atoms with E-state index in [9.17, 15) is 13.2 Å². The lowest BCUT2D eigenvalue weighted by atomic mass is 9.59. The van der Waals surface area contributed by atoms with Crippen molar-refractivity contribution in [2.75, 3.05) is 13.1 Å². The Bertz CT molecular complexity index is 874. The number of piperidine rings is 1. The van der Waals surface area contributed by atoms with Crippen LogP contribution in [0.15, 0.2) is 24.3 Å². The largest absolute Gasteiger partial charge is 0.334 e. The molecule has 8 heteroatoms. The van der Waals surface area contributed by atoms with Gasteiger partial charge in [0.05, 0.1) is 5.25 Å². The summed E-state index contributed by atoms with van der Waals surface area (Å²) in [7, 11) is -3.30. The minimum atomic E-state index is -3.30. The number of rotatable bonds is 8. The van der Waals surface area contributed by atoms with Gasteiger partial charge in [-0.15, -0.1) is 0 Å². The molecule has 1 aromatic rings. The predicted molar refractivity (Wildman–Crippen MR) is 131 cm³/mol. The summed E-state index contributed by atoms with van der Waals surface area (Å²) in [5, 5.41) is 3.64. The van der Waals surface area contributed by atoms with Crippen LogP contribution in [0, 0.1) is 5.92 Å². The van der Waals surface area contributed by atoms with Crippen molar-refractivity contribution in [3.05, 3.63) is 34.9 Å². The van der Waals surface area contributed by atoms with Crippen LogP contribution < -0.4 is 10.0 Å². The number of hydrogen-bond donors (Lipinski definition) is 2. The van der Waals surface area contributed by atoms with E-state index < -0.39 is 15.3 Å². The fourth-order valence-corrected chi connectivity index (χ4v) is 5.98. The number of nitrogens with zero attached hydrogens (tertiary/aromatic N) is 1. The van der Waals surface area contributed by atoms with E-state index in [0.29, 0.717) is 31.8 Å². The van der Waals surface area contributed by atoms with Crippen molar-refractivity contribution in [1.29, 1.82) is 0 Å². The highest BCUT2D eigenvalue weighted by Gasteiger charge is 2.46. The summed E-state index contributed by atoms with van der Waals surface area (Å²) in [6.45, 7) is 8.85. The highest BCUT2D eigenvalue weighted by molar-refractivity contribution is 7.90. The number of likely N-dealkylation sites (tertiary alicyclic amines) is 1. The molecular formula is C24H38ClN3O3S. The molecule has 2 N–H and O–H groups in total. The van der Waals surface area contributed by atoms with E-state index >= 15 is 0 Å². The monoisotopic (exact) mass is 483 g/mol. The fraction of sp³-hybridized carbons (Fsp3) is 0.708. The normalized spacial score (nSPS) is 20.3. The minimum Gasteiger partial charge on any atom is -0.334 e. The number of hydrogen-bond acceptors (Lipinski definition) is 3. The van der Waals surface area contributed by atoms with Crippen molar-refractivity contribution in [1.82, 2.24) is 14.9 Å². The molecule has 2 amide bonds. The van der Waals surface area contributed by atoms with Gasteiger partial charge in [0.2, 0.25) is 10.0 Å². The number of carbonyl (C=O) groups is 1. The molecule has 1 aromatic carbocycles. The zero-order chi connectivity index (χ0) is 23.5. The van der Waals surface area contributed by atoms with E-state index in [1.54, 1.807) is 13.8 Å². The van der Waals surface area contributed by atoms with Gasteiger partial charge in [-0.2, -0.15) is 0 Å². The second kappa shape index (κ2) is 10.3. The molecule has 1 saturated heterocycles. The van der Waals surface area contributed by atoms with Crippen LogP contribution in [0.25, 0.3) is 0 Å². The van der Waals surface area contributed by atoms with Gasteiger partial charge in [0.15, 0.2) is 0 Å². The van der Waals surface area contributed by atoms with E-state index in [-0.39, 0.29) is 23.5 Å². The average molecular weight is 484 g/mol. The third-order valence-corrected chi connectivity index (χ3v) is 9.23. The molecule has 0 bridgehead atoms. The van der Waals surface area contributed by atoms with Gasteiger partial charge >= 0.3 is 6.03 Å². The Morgan fingerprint density at radius 3 is 2.19 bits per heavy atom. The van der Waals surface area contributed by atoms with Crippen LogP contribution in [0.5, 0.6) is 0 Å². The smallest absolute Gasteiger partial charge is 0.317 e. The first-order chi connectivity index (χ1) is 15.0. The summed E-state index contributed by atoms with van der Waals surface area (Å²) >= 11 is 6.12. The number of benzene rings is 1. The molecule has 1 aliphatic carbocycles. The molecular weight excluding hydrogens is 446 g/mol. The summed E-state index contributed by atoms with van der Waals surface area (Å²) in [4.78, 5) is 15.1. The van der Waals surface area contributed by atoms with Crippen LogP contribution in [-0.4, -0.2) is 49.8 Å². The second-order valence-electron chi connectivity index (χ2n) is 10.1. The Hall–Kier alpha value is -1.31. The summed E-state index contributed by atoms with van der Waals surface area (Å²) < 4.78 is 27.1. The zero-order valence-electron chi connectivity index (χ0n) is 19.7. The molecule has 1 atom stereocenters. The van der Waals surface area contributed by atoms with Gasteiger partial charge in [-0.3, -0.25) is 0 Å². The Balaban J connectivity index is 1.66. The van der Waals surface area contributed by atoms with E-state index in [2.05, 4.69) is 36.0 Å². The molecule has 32 heavy (non-hydrogen) atoms. The molecule has 3 rings (SSSR count). The van der Waals surface area contributed by atoms with Crippen LogP contribution in [0.3, 0.4) is 0 Å². The van der Waals surface area contributed by atoms with Crippen molar-refractivity contribution in [3.63, 3.8) is 0 Å². The molecule has 6 nitrogen and oxygen atoms in total. The van der Waals surface area contributed by atoms with Crippen molar-refractivity contribution in [2.24, 2.45) is 5.92 Å². The standard InChI is InChI=1S/C24H38ClN3O3S/c1-17(2)16-22(24(12-5-13-24)19-6-8-20(25)9-7-19)26-23(29)28-14-10-21(11-15-28)27-32(30,31)18(3)4/h6-9,17-18,21-22,27H,5,10-16H2,1-4H3,(H,26,29). The molecule has 2 fully saturated rings. The molecule has 1 aliphatic heterocycles. The Morgan fingerprint density at radius 2 is 1.72 bits per heavy atom. The van der Waals surface area contributed by atoms with Crippen LogP contribution in [0.2, 0.25) is 5.02 Å². The highest BCUT2D eigenvalue weighted by atomic mass is 35.5. The number of nitrogens with one attached hydrogen (secondary N) is 2. The van der Waals surface area contributed by atoms with Crippen molar-refractivity contribution in [3.8, 4) is 0 Å². The minimum absolute atomic E-state index is 0.0407. The van der Waals surface area contributed by atoms with Crippen LogP contribution in [-0.2, 0) is 15.4 Å². The Labute approximate surface area is 198 Å². The Kier molecular flexibility index (Phi) is 8.16. The van der Waals surface area contributed by atoms with Crippen molar-refractivity contribution < 1.29 is 13.2 Å². The molecule has 2 aliphatic rings. The first-order valence-corrected chi connectivity index (χ1v) is 13.8. The number of carbonyl (C=O) groups excluding carboxylic acids is 1. The summed E-state index contributed by atoms with van der Waals surface area (Å²) in [6, 6.07) is 8.00. The lowest BCUT2D eigenvalue weighted by Gasteiger charge is -2.49. The quantitative estimate of drug-likeness (QED) is 0.563. The Morgan fingerprint density at radius 1 is 1.12 bits per heavy atom. The third kappa shape index (κ3) is 5.78. The van der Waals surface area contributed by atoms with Gasteiger partial charge in [-0.25, -0.2) is 17.9 Å². The number of amides is 2. The molecule has 0 spiro atoms. The van der Waals surface area contributed by atoms with Gasteiger partial charge in [0, 0.05) is 35.6 Å². The molecule has 1 heterocycles. The topological polar surface area (TPSA) is 78.5 Å². The van der Waals surface area contributed by atoms with E-state index in [1.165, 1.54) is 5.56 Å². The van der Waals surface area contributed by atoms with E-state index in [1.807, 2.05) is 17.0 Å². The average Bonchev–Trinajstić information content (AvgIpc) is 2.68. The van der Waals surface area contributed by atoms with Crippen molar-refractivity contribution in [2.45, 2.75) is 89.0 Å². The van der Waals surface area contributed by atoms with Gasteiger partial charge < -0.3 is 10.2 Å². The zero-order valence-corrected chi connectivity index (χ0v) is 21.3. The summed E-state index contributed by atoms with van der Waals surface area (Å²) in [6.07, 6.45) is 5.47. The first-order valence-electron chi connectivity index (χ1n) is 11.9. The first kappa shape index (κ1) is 25.3. The van der Waals surface area contributed by atoms with Crippen LogP contribution in [0.4, 0.5) is 4.79 Å². The fourth-order valence-electron chi connectivity index (χ4n) is 4.88. The third-order valence-electron chi connectivity index (χ3n) is 7.07. The van der Waals surface area contributed by atoms with E-state index in [0.717, 1.165) is 30.7 Å². The molecule has 1 saturated carbocycles. The SMILES string of the molecule is CC(C)CC(NC(=O)N1CCC(NS(=O)(=O)C(C)C)CC1)C1(c2ccc(Cl)cc2)CCC1. The van der Waals surface area contributed by atoms with Gasteiger partial charge in [0.25, 0.3) is 0 Å². The van der Waals surface area contributed by atoms with Gasteiger partial charge in [0.1, 0.15) is 0 Å². The lowest BCUT2D eigenvalue weighted by molar-refractivity contribution is 0.133. The van der Waals surface area contributed by atoms with Crippen LogP contribution in [0.1, 0.15) is 71.8 Å². The molecule has 0 radical (unpaired) electrons. The maximum atomic E-state index is 13.2. The maximum Gasteiger partial charge on any atom is 0.317 e. The molecule has 1 unspecified atom stereocenters. The molecule has 180 valence electrons. The highest BCUT2D eigenvalue weighted by Crippen LogP contribution is 2.48. The second-order valence-corrected chi connectivity index (χ2v) is 12.8. The van der Waals surface area contributed by atoms with Crippen molar-refractivity contribution >= 4 is 27.7 Å². The maximum absolute atomic E-state index is 13.2. The van der Waals surface area contributed by atoms with Gasteiger partial charge in [-0.05, 0) is 69.6 Å². The van der Waals surface area contributed by atoms with Crippen LogP contribution >= 0.6 is 11.6 Å². The summed E-state index contributed by atoms with van der Waals surface area (Å²) in [5.74, 6) is 0.459.